The maximum Gasteiger partial charge on any atom is 0.415 e. The molecule has 2 saturated heterocycles. The van der Waals surface area contributed by atoms with Gasteiger partial charge in [-0.25, -0.2) is 9.18 Å². The van der Waals surface area contributed by atoms with Gasteiger partial charge in [-0.2, -0.15) is 0 Å². The molecule has 2 fully saturated rings. The zero-order valence-electron chi connectivity index (χ0n) is 19.3. The molecular formula is C25H26Cl2FN3O4. The summed E-state index contributed by atoms with van der Waals surface area (Å²) >= 11 is 12.3. The highest BCUT2D eigenvalue weighted by molar-refractivity contribution is 6.42. The van der Waals surface area contributed by atoms with Crippen LogP contribution in [0.1, 0.15) is 30.7 Å². The lowest BCUT2D eigenvalue weighted by Gasteiger charge is -2.28. The molecular weight excluding hydrogens is 496 g/mol. The largest absolute Gasteiger partial charge is 0.415 e. The van der Waals surface area contributed by atoms with Gasteiger partial charge in [0.1, 0.15) is 11.6 Å². The molecule has 2 atom stereocenters. The van der Waals surface area contributed by atoms with E-state index in [1.807, 2.05) is 6.07 Å². The summed E-state index contributed by atoms with van der Waals surface area (Å²) in [6, 6.07) is 10.1. The van der Waals surface area contributed by atoms with Crippen LogP contribution >= 0.6 is 23.2 Å². The van der Waals surface area contributed by atoms with Crippen LogP contribution < -0.4 is 4.74 Å². The van der Waals surface area contributed by atoms with E-state index in [9.17, 15) is 18.8 Å². The van der Waals surface area contributed by atoms with Crippen LogP contribution in [0.25, 0.3) is 0 Å². The van der Waals surface area contributed by atoms with Gasteiger partial charge in [-0.05, 0) is 48.4 Å². The molecule has 0 N–H and O–H groups in total. The minimum atomic E-state index is -0.622. The summed E-state index contributed by atoms with van der Waals surface area (Å²) in [4.78, 5) is 42.7. The first-order chi connectivity index (χ1) is 16.7. The fraction of sp³-hybridized carbons (Fsp3) is 0.400. The molecule has 7 nitrogen and oxygen atoms in total. The van der Waals surface area contributed by atoms with E-state index in [2.05, 4.69) is 0 Å². The Morgan fingerprint density at radius 2 is 1.86 bits per heavy atom. The molecule has 0 aromatic heterocycles. The van der Waals surface area contributed by atoms with Crippen LogP contribution in [0.3, 0.4) is 0 Å². The fourth-order valence-corrected chi connectivity index (χ4v) is 4.90. The molecule has 2 heterocycles. The molecule has 186 valence electrons. The second kappa shape index (κ2) is 10.8. The molecule has 2 aromatic rings. The zero-order chi connectivity index (χ0) is 25.1. The molecule has 0 radical (unpaired) electrons. The molecule has 0 bridgehead atoms. The van der Waals surface area contributed by atoms with Crippen molar-refractivity contribution >= 4 is 41.1 Å². The summed E-state index contributed by atoms with van der Waals surface area (Å²) in [5, 5.41) is 0.800. The van der Waals surface area contributed by atoms with Gasteiger partial charge >= 0.3 is 6.09 Å². The Balaban J connectivity index is 1.50. The van der Waals surface area contributed by atoms with Crippen molar-refractivity contribution in [2.75, 3.05) is 33.2 Å². The molecule has 2 aliphatic heterocycles. The monoisotopic (exact) mass is 521 g/mol. The van der Waals surface area contributed by atoms with Crippen molar-refractivity contribution in [2.45, 2.75) is 31.2 Å². The molecule has 0 aliphatic carbocycles. The van der Waals surface area contributed by atoms with Crippen molar-refractivity contribution in [1.29, 1.82) is 0 Å². The Morgan fingerprint density at radius 1 is 1.11 bits per heavy atom. The van der Waals surface area contributed by atoms with Gasteiger partial charge in [0.05, 0.1) is 16.1 Å². The van der Waals surface area contributed by atoms with Crippen LogP contribution in [0, 0.1) is 5.82 Å². The predicted molar refractivity (Wildman–Crippen MR) is 130 cm³/mol. The van der Waals surface area contributed by atoms with Gasteiger partial charge in [-0.15, -0.1) is 0 Å². The highest BCUT2D eigenvalue weighted by Crippen LogP contribution is 2.35. The second-order valence-corrected chi connectivity index (χ2v) is 9.63. The van der Waals surface area contributed by atoms with E-state index in [1.165, 1.54) is 29.2 Å². The third-order valence-corrected chi connectivity index (χ3v) is 7.32. The average Bonchev–Trinajstić information content (AvgIpc) is 3.46. The Hall–Kier alpha value is -2.84. The van der Waals surface area contributed by atoms with E-state index in [4.69, 9.17) is 27.9 Å². The number of benzene rings is 2. The van der Waals surface area contributed by atoms with Gasteiger partial charge in [0.15, 0.2) is 0 Å². The lowest BCUT2D eigenvalue weighted by Crippen LogP contribution is -2.43. The van der Waals surface area contributed by atoms with Gasteiger partial charge < -0.3 is 19.4 Å². The minimum Gasteiger partial charge on any atom is -0.410 e. The van der Waals surface area contributed by atoms with Crippen molar-refractivity contribution < 1.29 is 23.5 Å². The van der Waals surface area contributed by atoms with Crippen LogP contribution in [-0.4, -0.2) is 71.9 Å². The third kappa shape index (κ3) is 5.87. The number of carbonyl (C=O) groups is 3. The Kier molecular flexibility index (Phi) is 7.82. The first kappa shape index (κ1) is 25.3. The number of nitrogens with zero attached hydrogens (tertiary/aromatic N) is 3. The van der Waals surface area contributed by atoms with Crippen molar-refractivity contribution in [2.24, 2.45) is 0 Å². The summed E-state index contributed by atoms with van der Waals surface area (Å²) in [6.45, 7) is 1.74. The van der Waals surface area contributed by atoms with Gasteiger partial charge in [0.2, 0.25) is 11.8 Å². The molecule has 35 heavy (non-hydrogen) atoms. The van der Waals surface area contributed by atoms with Gasteiger partial charge in [0.25, 0.3) is 0 Å². The number of likely N-dealkylation sites (N-methyl/N-ethyl adjacent to an activating group) is 1. The fourth-order valence-electron chi connectivity index (χ4n) is 4.59. The van der Waals surface area contributed by atoms with Gasteiger partial charge in [-0.1, -0.05) is 29.3 Å². The number of likely N-dealkylation sites (tertiary alicyclic amines) is 2. The van der Waals surface area contributed by atoms with E-state index in [0.717, 1.165) is 12.0 Å². The number of hydrogen-bond acceptors (Lipinski definition) is 4. The quantitative estimate of drug-likeness (QED) is 0.558. The standard InChI is InChI=1S/C25H26Cl2FN3O4/c1-29(25(34)35-18-7-5-17(28)6-8-18)22-15-31(24(33)10-12-30-11-2-3-23(30)32)14-19(22)16-4-9-20(26)21(27)13-16/h4-9,13,19,22H,2-3,10-12,14-15H2,1H3/t19-,22+/m1/s1. The summed E-state index contributed by atoms with van der Waals surface area (Å²) < 4.78 is 18.6. The molecule has 10 heteroatoms. The van der Waals surface area contributed by atoms with Crippen molar-refractivity contribution in [3.8, 4) is 5.75 Å². The summed E-state index contributed by atoms with van der Waals surface area (Å²) in [7, 11) is 1.61. The maximum absolute atomic E-state index is 13.2. The second-order valence-electron chi connectivity index (χ2n) is 8.81. The van der Waals surface area contributed by atoms with Crippen molar-refractivity contribution in [1.82, 2.24) is 14.7 Å². The lowest BCUT2D eigenvalue weighted by atomic mass is 9.93. The molecule has 2 aliphatic rings. The number of rotatable bonds is 6. The van der Waals surface area contributed by atoms with Crippen LogP contribution in [0.4, 0.5) is 9.18 Å². The van der Waals surface area contributed by atoms with Gasteiger partial charge in [0, 0.05) is 52.0 Å². The van der Waals surface area contributed by atoms with Crippen LogP contribution in [-0.2, 0) is 9.59 Å². The number of ether oxygens (including phenoxy) is 1. The normalized spacial score (nSPS) is 19.8. The number of hydrogen-bond donors (Lipinski definition) is 0. The number of carbonyl (C=O) groups excluding carboxylic acids is 3. The average molecular weight is 522 g/mol. The number of halogens is 3. The Labute approximate surface area is 213 Å². The summed E-state index contributed by atoms with van der Waals surface area (Å²) in [5.41, 5.74) is 0.843. The van der Waals surface area contributed by atoms with Crippen molar-refractivity contribution in [3.63, 3.8) is 0 Å². The first-order valence-corrected chi connectivity index (χ1v) is 12.2. The molecule has 0 saturated carbocycles. The van der Waals surface area contributed by atoms with Crippen molar-refractivity contribution in [3.05, 3.63) is 63.9 Å². The highest BCUT2D eigenvalue weighted by Gasteiger charge is 2.40. The molecule has 3 amide bonds. The minimum absolute atomic E-state index is 0.0778. The SMILES string of the molecule is CN(C(=O)Oc1ccc(F)cc1)[C@H]1CN(C(=O)CCN2CCCC2=O)C[C@@H]1c1ccc(Cl)c(Cl)c1. The number of amides is 3. The van der Waals surface area contributed by atoms with E-state index in [0.29, 0.717) is 42.6 Å². The van der Waals surface area contributed by atoms with Crippen LogP contribution in [0.5, 0.6) is 5.75 Å². The van der Waals surface area contributed by atoms with E-state index in [-0.39, 0.29) is 29.9 Å². The lowest BCUT2D eigenvalue weighted by molar-refractivity contribution is -0.132. The Morgan fingerprint density at radius 3 is 2.51 bits per heavy atom. The molecule has 0 spiro atoms. The van der Waals surface area contributed by atoms with Crippen LogP contribution in [0.15, 0.2) is 42.5 Å². The zero-order valence-corrected chi connectivity index (χ0v) is 20.8. The van der Waals surface area contributed by atoms with Gasteiger partial charge in [-0.3, -0.25) is 9.59 Å². The summed E-state index contributed by atoms with van der Waals surface area (Å²) in [6.07, 6.45) is 0.944. The maximum atomic E-state index is 13.2. The topological polar surface area (TPSA) is 70.2 Å². The Bertz CT molecular complexity index is 1110. The highest BCUT2D eigenvalue weighted by atomic mass is 35.5. The molecule has 4 rings (SSSR count). The van der Waals surface area contributed by atoms with E-state index in [1.54, 1.807) is 29.0 Å². The van der Waals surface area contributed by atoms with E-state index < -0.39 is 18.0 Å². The predicted octanol–water partition coefficient (Wildman–Crippen LogP) is 4.57. The molecule has 0 unspecified atom stereocenters. The first-order valence-electron chi connectivity index (χ1n) is 11.4. The van der Waals surface area contributed by atoms with E-state index >= 15 is 0 Å². The third-order valence-electron chi connectivity index (χ3n) is 6.58. The summed E-state index contributed by atoms with van der Waals surface area (Å²) in [5.74, 6) is -0.450. The van der Waals surface area contributed by atoms with Crippen LogP contribution in [0.2, 0.25) is 10.0 Å². The molecule has 2 aromatic carbocycles. The smallest absolute Gasteiger partial charge is 0.410 e.